The summed E-state index contributed by atoms with van der Waals surface area (Å²) >= 11 is 0. The van der Waals surface area contributed by atoms with Gasteiger partial charge in [0.25, 0.3) is 5.91 Å². The Morgan fingerprint density at radius 2 is 1.76 bits per heavy atom. The highest BCUT2D eigenvalue weighted by atomic mass is 16.5. The highest BCUT2D eigenvalue weighted by Gasteiger charge is 2.31. The zero-order valence-electron chi connectivity index (χ0n) is 16.3. The first-order valence-electron chi connectivity index (χ1n) is 9.40. The lowest BCUT2D eigenvalue weighted by molar-refractivity contribution is 0.0600. The zero-order valence-corrected chi connectivity index (χ0v) is 16.3. The number of carbonyl (C=O) groups is 2. The smallest absolute Gasteiger partial charge is 0.337 e. The van der Waals surface area contributed by atoms with Gasteiger partial charge in [-0.15, -0.1) is 0 Å². The molecule has 2 aromatic carbocycles. The Morgan fingerprint density at radius 1 is 1.03 bits per heavy atom. The topological polar surface area (TPSA) is 71.5 Å². The first kappa shape index (κ1) is 18.7. The number of hydrogen-bond donors (Lipinski definition) is 1. The summed E-state index contributed by atoms with van der Waals surface area (Å²) in [7, 11) is 1.35. The quantitative estimate of drug-likeness (QED) is 0.679. The lowest BCUT2D eigenvalue weighted by Crippen LogP contribution is -2.36. The maximum Gasteiger partial charge on any atom is 0.337 e. The minimum atomic E-state index is -0.376. The van der Waals surface area contributed by atoms with Gasteiger partial charge in [0, 0.05) is 17.4 Å². The summed E-state index contributed by atoms with van der Waals surface area (Å²) in [5, 5.41) is 3.21. The van der Waals surface area contributed by atoms with Crippen LogP contribution in [0.2, 0.25) is 0 Å². The van der Waals surface area contributed by atoms with E-state index in [1.165, 1.54) is 12.7 Å². The summed E-state index contributed by atoms with van der Waals surface area (Å²) in [6, 6.07) is 18.6. The summed E-state index contributed by atoms with van der Waals surface area (Å²) in [6.07, 6.45) is 2.48. The SMILES string of the molecule is COC(=O)c1ccc(Nc2ccc(C(=O)N3c4ccccc4CC3C)nc2)cc1. The van der Waals surface area contributed by atoms with E-state index in [4.69, 9.17) is 4.74 Å². The molecule has 0 spiro atoms. The molecule has 0 bridgehead atoms. The summed E-state index contributed by atoms with van der Waals surface area (Å²) < 4.78 is 4.70. The number of para-hydroxylation sites is 1. The number of nitrogens with zero attached hydrogens (tertiary/aromatic N) is 2. The van der Waals surface area contributed by atoms with E-state index in [0.29, 0.717) is 11.3 Å². The summed E-state index contributed by atoms with van der Waals surface area (Å²) in [6.45, 7) is 2.05. The Balaban J connectivity index is 1.48. The average molecular weight is 387 g/mol. The second-order valence-electron chi connectivity index (χ2n) is 6.98. The molecule has 6 heteroatoms. The fourth-order valence-corrected chi connectivity index (χ4v) is 3.57. The number of methoxy groups -OCH3 is 1. The van der Waals surface area contributed by atoms with Gasteiger partial charge in [0.1, 0.15) is 5.69 Å². The minimum Gasteiger partial charge on any atom is -0.465 e. The van der Waals surface area contributed by atoms with Crippen molar-refractivity contribution in [2.24, 2.45) is 0 Å². The first-order chi connectivity index (χ1) is 14.1. The summed E-state index contributed by atoms with van der Waals surface area (Å²) in [5.41, 5.74) is 4.59. The molecule has 0 fully saturated rings. The van der Waals surface area contributed by atoms with Crippen molar-refractivity contribution < 1.29 is 14.3 Å². The first-order valence-corrected chi connectivity index (χ1v) is 9.40. The van der Waals surface area contributed by atoms with Gasteiger partial charge < -0.3 is 15.0 Å². The molecule has 0 saturated carbocycles. The lowest BCUT2D eigenvalue weighted by atomic mass is 10.1. The molecule has 6 nitrogen and oxygen atoms in total. The number of rotatable bonds is 4. The second-order valence-corrected chi connectivity index (χ2v) is 6.98. The number of anilines is 3. The van der Waals surface area contributed by atoms with Gasteiger partial charge in [-0.05, 0) is 61.4 Å². The van der Waals surface area contributed by atoms with Crippen LogP contribution in [0.5, 0.6) is 0 Å². The molecule has 1 aromatic heterocycles. The van der Waals surface area contributed by atoms with Gasteiger partial charge in [0.2, 0.25) is 0 Å². The van der Waals surface area contributed by atoms with Crippen LogP contribution in [-0.2, 0) is 11.2 Å². The van der Waals surface area contributed by atoms with E-state index < -0.39 is 0 Å². The predicted molar refractivity (Wildman–Crippen MR) is 112 cm³/mol. The molecule has 1 aliphatic rings. The number of benzene rings is 2. The van der Waals surface area contributed by atoms with Crippen LogP contribution in [0, 0.1) is 0 Å². The normalized spacial score (nSPS) is 15.0. The molecule has 2 heterocycles. The van der Waals surface area contributed by atoms with Gasteiger partial charge in [-0.3, -0.25) is 4.79 Å². The fourth-order valence-electron chi connectivity index (χ4n) is 3.57. The molecule has 1 amide bonds. The van der Waals surface area contributed by atoms with Gasteiger partial charge in [-0.2, -0.15) is 0 Å². The van der Waals surface area contributed by atoms with Crippen LogP contribution in [0.25, 0.3) is 0 Å². The van der Waals surface area contributed by atoms with Crippen molar-refractivity contribution in [3.63, 3.8) is 0 Å². The van der Waals surface area contributed by atoms with E-state index in [-0.39, 0.29) is 17.9 Å². The molecule has 1 atom stereocenters. The minimum absolute atomic E-state index is 0.101. The van der Waals surface area contributed by atoms with E-state index >= 15 is 0 Å². The Bertz CT molecular complexity index is 1050. The van der Waals surface area contributed by atoms with E-state index in [9.17, 15) is 9.59 Å². The number of ether oxygens (including phenoxy) is 1. The van der Waals surface area contributed by atoms with E-state index in [1.54, 1.807) is 36.5 Å². The Hall–Kier alpha value is -3.67. The number of amides is 1. The molecule has 3 aromatic rings. The maximum absolute atomic E-state index is 13.0. The van der Waals surface area contributed by atoms with Crippen LogP contribution in [0.1, 0.15) is 33.3 Å². The number of esters is 1. The fraction of sp³-hybridized carbons (Fsp3) is 0.174. The van der Waals surface area contributed by atoms with Crippen LogP contribution in [0.15, 0.2) is 66.9 Å². The summed E-state index contributed by atoms with van der Waals surface area (Å²) in [4.78, 5) is 30.7. The molecular formula is C23H21N3O3. The van der Waals surface area contributed by atoms with E-state index in [1.807, 2.05) is 36.1 Å². The predicted octanol–water partition coefficient (Wildman–Crippen LogP) is 4.20. The zero-order chi connectivity index (χ0) is 20.4. The van der Waals surface area contributed by atoms with Crippen molar-refractivity contribution >= 4 is 28.9 Å². The van der Waals surface area contributed by atoms with Crippen molar-refractivity contribution in [1.82, 2.24) is 4.98 Å². The van der Waals surface area contributed by atoms with Crippen LogP contribution in [0.3, 0.4) is 0 Å². The van der Waals surface area contributed by atoms with E-state index in [0.717, 1.165) is 23.5 Å². The van der Waals surface area contributed by atoms with Crippen LogP contribution >= 0.6 is 0 Å². The monoisotopic (exact) mass is 387 g/mol. The van der Waals surface area contributed by atoms with Crippen molar-refractivity contribution in [2.45, 2.75) is 19.4 Å². The maximum atomic E-state index is 13.0. The van der Waals surface area contributed by atoms with Crippen molar-refractivity contribution in [3.8, 4) is 0 Å². The molecular weight excluding hydrogens is 366 g/mol. The summed E-state index contributed by atoms with van der Waals surface area (Å²) in [5.74, 6) is -0.477. The van der Waals surface area contributed by atoms with Crippen molar-refractivity contribution in [2.75, 3.05) is 17.3 Å². The Morgan fingerprint density at radius 3 is 2.45 bits per heavy atom. The van der Waals surface area contributed by atoms with Gasteiger partial charge in [0.15, 0.2) is 0 Å². The second kappa shape index (κ2) is 7.75. The average Bonchev–Trinajstić information content (AvgIpc) is 3.09. The largest absolute Gasteiger partial charge is 0.465 e. The third-order valence-corrected chi connectivity index (χ3v) is 5.00. The molecule has 0 saturated heterocycles. The Kier molecular flexibility index (Phi) is 4.99. The third kappa shape index (κ3) is 3.69. The highest BCUT2D eigenvalue weighted by Crippen LogP contribution is 2.32. The molecule has 146 valence electrons. The Labute approximate surface area is 169 Å². The molecule has 0 aliphatic carbocycles. The van der Waals surface area contributed by atoms with Crippen molar-refractivity contribution in [1.29, 1.82) is 0 Å². The number of hydrogen-bond acceptors (Lipinski definition) is 5. The van der Waals surface area contributed by atoms with Gasteiger partial charge in [0.05, 0.1) is 24.6 Å². The van der Waals surface area contributed by atoms with Crippen molar-refractivity contribution in [3.05, 3.63) is 83.7 Å². The van der Waals surface area contributed by atoms with Gasteiger partial charge >= 0.3 is 5.97 Å². The molecule has 29 heavy (non-hydrogen) atoms. The molecule has 1 unspecified atom stereocenters. The van der Waals surface area contributed by atoms with Gasteiger partial charge in [-0.25, -0.2) is 9.78 Å². The molecule has 4 rings (SSSR count). The van der Waals surface area contributed by atoms with Crippen LogP contribution in [0.4, 0.5) is 17.1 Å². The highest BCUT2D eigenvalue weighted by molar-refractivity contribution is 6.06. The number of aromatic nitrogens is 1. The molecule has 0 radical (unpaired) electrons. The van der Waals surface area contributed by atoms with Crippen LogP contribution < -0.4 is 10.2 Å². The van der Waals surface area contributed by atoms with Crippen LogP contribution in [-0.4, -0.2) is 30.0 Å². The number of carbonyl (C=O) groups excluding carboxylic acids is 2. The number of pyridine rings is 1. The third-order valence-electron chi connectivity index (χ3n) is 5.00. The number of nitrogens with one attached hydrogen (secondary N) is 1. The standard InChI is InChI=1S/C23H21N3O3/c1-15-13-17-5-3-4-6-21(17)26(15)22(27)20-12-11-19(14-24-20)25-18-9-7-16(8-10-18)23(28)29-2/h3-12,14-15,25H,13H2,1-2H3. The lowest BCUT2D eigenvalue weighted by Gasteiger charge is -2.22. The van der Waals surface area contributed by atoms with E-state index in [2.05, 4.69) is 16.4 Å². The number of fused-ring (bicyclic) bond motifs is 1. The molecule has 1 aliphatic heterocycles. The molecule has 1 N–H and O–H groups in total. The van der Waals surface area contributed by atoms with Gasteiger partial charge in [-0.1, -0.05) is 18.2 Å².